The molecule has 0 bridgehead atoms. The summed E-state index contributed by atoms with van der Waals surface area (Å²) < 4.78 is 36.6. The highest BCUT2D eigenvalue weighted by Crippen LogP contribution is 2.26. The van der Waals surface area contributed by atoms with Gasteiger partial charge in [0.15, 0.2) is 0 Å². The summed E-state index contributed by atoms with van der Waals surface area (Å²) in [4.78, 5) is 28.6. The van der Waals surface area contributed by atoms with Crippen molar-refractivity contribution in [3.63, 3.8) is 0 Å². The Morgan fingerprint density at radius 2 is 1.76 bits per heavy atom. The first-order chi connectivity index (χ1) is 13.9. The molecule has 2 aliphatic rings. The fourth-order valence-corrected chi connectivity index (χ4v) is 5.29. The van der Waals surface area contributed by atoms with E-state index in [1.165, 1.54) is 23.5 Å². The topological polar surface area (TPSA) is 100 Å². The third-order valence-corrected chi connectivity index (χ3v) is 7.36. The van der Waals surface area contributed by atoms with E-state index < -0.39 is 16.0 Å². The van der Waals surface area contributed by atoms with Gasteiger partial charge in [-0.1, -0.05) is 6.92 Å². The van der Waals surface area contributed by atoms with Crippen molar-refractivity contribution in [1.29, 1.82) is 0 Å². The van der Waals surface area contributed by atoms with Gasteiger partial charge in [0.05, 0.1) is 7.11 Å². The Labute approximate surface area is 171 Å². The number of sulfonamides is 1. The average Bonchev–Trinajstić information content (AvgIpc) is 3.25. The number of methoxy groups -OCH3 is 1. The molecule has 0 saturated carbocycles. The van der Waals surface area contributed by atoms with Crippen LogP contribution in [0.4, 0.5) is 0 Å². The van der Waals surface area contributed by atoms with Crippen LogP contribution < -0.4 is 0 Å². The fourth-order valence-electron chi connectivity index (χ4n) is 3.91. The van der Waals surface area contributed by atoms with Crippen molar-refractivity contribution in [1.82, 2.24) is 14.1 Å². The highest BCUT2D eigenvalue weighted by atomic mass is 32.2. The molecule has 0 spiro atoms. The SMILES string of the molecule is CCCN1CCN(C(=O)C2CCN(S(=O)(=O)c3ccc(C(=O)OC)o3)CC2)CC1. The molecule has 0 atom stereocenters. The Morgan fingerprint density at radius 3 is 2.34 bits per heavy atom. The number of carbonyl (C=O) groups is 2. The second-order valence-electron chi connectivity index (χ2n) is 7.46. The van der Waals surface area contributed by atoms with E-state index >= 15 is 0 Å². The Bertz CT molecular complexity index is 821. The first-order valence-corrected chi connectivity index (χ1v) is 11.5. The minimum Gasteiger partial charge on any atom is -0.463 e. The van der Waals surface area contributed by atoms with Crippen molar-refractivity contribution >= 4 is 21.9 Å². The molecule has 0 N–H and O–H groups in total. The zero-order valence-corrected chi connectivity index (χ0v) is 17.8. The number of hydrogen-bond acceptors (Lipinski definition) is 7. The number of piperidine rings is 1. The van der Waals surface area contributed by atoms with Gasteiger partial charge in [-0.3, -0.25) is 9.69 Å². The summed E-state index contributed by atoms with van der Waals surface area (Å²) in [5.41, 5.74) is 0. The van der Waals surface area contributed by atoms with Gasteiger partial charge in [-0.2, -0.15) is 4.31 Å². The number of furan rings is 1. The number of amides is 1. The lowest BCUT2D eigenvalue weighted by molar-refractivity contribution is -0.138. The van der Waals surface area contributed by atoms with Crippen LogP contribution in [0.5, 0.6) is 0 Å². The molecule has 1 aromatic rings. The van der Waals surface area contributed by atoms with E-state index in [4.69, 9.17) is 4.42 Å². The van der Waals surface area contributed by atoms with Gasteiger partial charge in [0.2, 0.25) is 16.8 Å². The number of nitrogens with zero attached hydrogens (tertiary/aromatic N) is 3. The summed E-state index contributed by atoms with van der Waals surface area (Å²) in [5, 5.41) is -0.283. The lowest BCUT2D eigenvalue weighted by atomic mass is 9.96. The monoisotopic (exact) mass is 427 g/mol. The first-order valence-electron chi connectivity index (χ1n) is 10.1. The standard InChI is InChI=1S/C19H29N3O6S/c1-3-8-20-11-13-21(14-12-20)18(23)15-6-9-22(10-7-15)29(25,26)17-5-4-16(28-17)19(24)27-2/h4-5,15H,3,6-14H2,1-2H3. The lowest BCUT2D eigenvalue weighted by Crippen LogP contribution is -2.51. The lowest BCUT2D eigenvalue weighted by Gasteiger charge is -2.38. The molecule has 3 rings (SSSR count). The molecule has 9 nitrogen and oxygen atoms in total. The van der Waals surface area contributed by atoms with Crippen molar-refractivity contribution in [2.75, 3.05) is 52.9 Å². The van der Waals surface area contributed by atoms with Crippen LogP contribution in [0.15, 0.2) is 21.6 Å². The summed E-state index contributed by atoms with van der Waals surface area (Å²) in [6, 6.07) is 2.54. The Kier molecular flexibility index (Phi) is 6.97. The third kappa shape index (κ3) is 4.81. The van der Waals surface area contributed by atoms with Gasteiger partial charge in [0.1, 0.15) is 0 Å². The van der Waals surface area contributed by atoms with Gasteiger partial charge in [0.25, 0.3) is 10.0 Å². The van der Waals surface area contributed by atoms with Crippen LogP contribution in [0.2, 0.25) is 0 Å². The van der Waals surface area contributed by atoms with E-state index in [2.05, 4.69) is 16.6 Å². The molecule has 0 aliphatic carbocycles. The summed E-state index contributed by atoms with van der Waals surface area (Å²) in [6.45, 7) is 6.98. The van der Waals surface area contributed by atoms with E-state index in [0.29, 0.717) is 12.8 Å². The van der Waals surface area contributed by atoms with Crippen molar-refractivity contribution in [2.45, 2.75) is 31.3 Å². The molecule has 2 aliphatic heterocycles. The zero-order valence-electron chi connectivity index (χ0n) is 17.0. The average molecular weight is 428 g/mol. The highest BCUT2D eigenvalue weighted by Gasteiger charge is 2.36. The Balaban J connectivity index is 1.55. The molecule has 2 saturated heterocycles. The van der Waals surface area contributed by atoms with Gasteiger partial charge in [0, 0.05) is 45.2 Å². The van der Waals surface area contributed by atoms with E-state index in [-0.39, 0.29) is 35.8 Å². The summed E-state index contributed by atoms with van der Waals surface area (Å²) >= 11 is 0. The maximum Gasteiger partial charge on any atom is 0.374 e. The Hall–Kier alpha value is -1.91. The molecule has 1 aromatic heterocycles. The molecular weight excluding hydrogens is 398 g/mol. The van der Waals surface area contributed by atoms with Crippen molar-refractivity contribution in [2.24, 2.45) is 5.92 Å². The molecule has 162 valence electrons. The number of rotatable bonds is 6. The summed E-state index contributed by atoms with van der Waals surface area (Å²) in [5.74, 6) is -0.904. The predicted octanol–water partition coefficient (Wildman–Crippen LogP) is 1.02. The van der Waals surface area contributed by atoms with Crippen molar-refractivity contribution < 1.29 is 27.2 Å². The fraction of sp³-hybridized carbons (Fsp3) is 0.684. The smallest absolute Gasteiger partial charge is 0.374 e. The van der Waals surface area contributed by atoms with Gasteiger partial charge >= 0.3 is 5.97 Å². The van der Waals surface area contributed by atoms with Gasteiger partial charge in [-0.25, -0.2) is 13.2 Å². The quantitative estimate of drug-likeness (QED) is 0.625. The second-order valence-corrected chi connectivity index (χ2v) is 9.32. The number of carbonyl (C=O) groups excluding carboxylic acids is 2. The normalized spacial score (nSPS) is 20.0. The number of hydrogen-bond donors (Lipinski definition) is 0. The molecule has 1 amide bonds. The minimum atomic E-state index is -3.84. The third-order valence-electron chi connectivity index (χ3n) is 5.59. The maximum atomic E-state index is 12.8. The van der Waals surface area contributed by atoms with Crippen LogP contribution in [-0.2, 0) is 19.6 Å². The molecule has 10 heteroatoms. The Morgan fingerprint density at radius 1 is 1.10 bits per heavy atom. The molecule has 0 radical (unpaired) electrons. The molecule has 0 aromatic carbocycles. The van der Waals surface area contributed by atoms with E-state index in [9.17, 15) is 18.0 Å². The largest absolute Gasteiger partial charge is 0.463 e. The van der Waals surface area contributed by atoms with Crippen LogP contribution in [0.25, 0.3) is 0 Å². The van der Waals surface area contributed by atoms with Crippen LogP contribution >= 0.6 is 0 Å². The van der Waals surface area contributed by atoms with Gasteiger partial charge in [-0.05, 0) is 37.9 Å². The number of esters is 1. The van der Waals surface area contributed by atoms with Gasteiger partial charge < -0.3 is 14.1 Å². The highest BCUT2D eigenvalue weighted by molar-refractivity contribution is 7.89. The molecule has 2 fully saturated rings. The van der Waals surface area contributed by atoms with Crippen molar-refractivity contribution in [3.8, 4) is 0 Å². The van der Waals surface area contributed by atoms with Gasteiger partial charge in [-0.15, -0.1) is 0 Å². The van der Waals surface area contributed by atoms with E-state index in [0.717, 1.165) is 39.1 Å². The number of ether oxygens (including phenoxy) is 1. The minimum absolute atomic E-state index is 0.129. The van der Waals surface area contributed by atoms with Crippen LogP contribution in [0, 0.1) is 5.92 Å². The van der Waals surface area contributed by atoms with Crippen LogP contribution in [-0.4, -0.2) is 87.3 Å². The van der Waals surface area contributed by atoms with Crippen molar-refractivity contribution in [3.05, 3.63) is 17.9 Å². The molecule has 3 heterocycles. The van der Waals surface area contributed by atoms with Crippen LogP contribution in [0.3, 0.4) is 0 Å². The maximum absolute atomic E-state index is 12.8. The predicted molar refractivity (Wildman–Crippen MR) is 105 cm³/mol. The molecule has 29 heavy (non-hydrogen) atoms. The number of piperazine rings is 1. The summed E-state index contributed by atoms with van der Waals surface area (Å²) in [6.07, 6.45) is 2.08. The zero-order chi connectivity index (χ0) is 21.0. The summed E-state index contributed by atoms with van der Waals surface area (Å²) in [7, 11) is -2.64. The van der Waals surface area contributed by atoms with E-state index in [1.807, 2.05) is 4.90 Å². The molecule has 0 unspecified atom stereocenters. The van der Waals surface area contributed by atoms with Crippen LogP contribution in [0.1, 0.15) is 36.7 Å². The van der Waals surface area contributed by atoms with E-state index in [1.54, 1.807) is 0 Å². The second kappa shape index (κ2) is 9.27. The molecular formula is C19H29N3O6S. The first kappa shape index (κ1) is 21.8.